The van der Waals surface area contributed by atoms with E-state index in [1.165, 1.54) is 0 Å². The van der Waals surface area contributed by atoms with Crippen molar-refractivity contribution in [2.24, 2.45) is 0 Å². The standard InChI is InChI=1S/C22H23N3O4S/c1-15-16(23-21(28-15)20-7-4-12-30-20)13-25-14-19(22(26)24-8-10-27-11-9-24)29-18-6-3-2-5-17(18)25/h2-7,12,19H,8-11,13-14H2,1H3/t19-/m0/s1. The predicted molar refractivity (Wildman–Crippen MR) is 114 cm³/mol. The lowest BCUT2D eigenvalue weighted by atomic mass is 10.1. The summed E-state index contributed by atoms with van der Waals surface area (Å²) in [4.78, 5) is 22.8. The van der Waals surface area contributed by atoms with E-state index < -0.39 is 6.10 Å². The minimum absolute atomic E-state index is 0.00829. The number of rotatable bonds is 4. The minimum Gasteiger partial charge on any atom is -0.477 e. The Morgan fingerprint density at radius 3 is 2.83 bits per heavy atom. The van der Waals surface area contributed by atoms with Crippen molar-refractivity contribution in [3.8, 4) is 16.5 Å². The van der Waals surface area contributed by atoms with Crippen LogP contribution in [0.3, 0.4) is 0 Å². The Morgan fingerprint density at radius 1 is 1.20 bits per heavy atom. The third-order valence-electron chi connectivity index (χ3n) is 5.42. The first kappa shape index (κ1) is 19.1. The molecule has 0 N–H and O–H groups in total. The van der Waals surface area contributed by atoms with E-state index in [-0.39, 0.29) is 5.91 Å². The van der Waals surface area contributed by atoms with Crippen molar-refractivity contribution < 1.29 is 18.7 Å². The summed E-state index contributed by atoms with van der Waals surface area (Å²) < 4.78 is 17.4. The Kier molecular flexibility index (Phi) is 5.18. The van der Waals surface area contributed by atoms with E-state index in [1.807, 2.05) is 53.6 Å². The monoisotopic (exact) mass is 425 g/mol. The third kappa shape index (κ3) is 3.68. The number of hydrogen-bond acceptors (Lipinski definition) is 7. The molecule has 2 aliphatic rings. The Labute approximate surface area is 178 Å². The summed E-state index contributed by atoms with van der Waals surface area (Å²) >= 11 is 1.60. The van der Waals surface area contributed by atoms with Crippen LogP contribution in [0.25, 0.3) is 10.8 Å². The molecular formula is C22H23N3O4S. The number of carbonyl (C=O) groups excluding carboxylic acids is 1. The zero-order valence-corrected chi connectivity index (χ0v) is 17.6. The summed E-state index contributed by atoms with van der Waals surface area (Å²) in [6.45, 7) is 5.30. The van der Waals surface area contributed by atoms with Crippen LogP contribution in [0.4, 0.5) is 5.69 Å². The van der Waals surface area contributed by atoms with Crippen molar-refractivity contribution in [1.82, 2.24) is 9.88 Å². The van der Waals surface area contributed by atoms with Gasteiger partial charge in [0.1, 0.15) is 17.2 Å². The second-order valence-electron chi connectivity index (χ2n) is 7.39. The molecule has 0 unspecified atom stereocenters. The van der Waals surface area contributed by atoms with Crippen LogP contribution in [0.5, 0.6) is 5.75 Å². The Bertz CT molecular complexity index is 1030. The topological polar surface area (TPSA) is 68.0 Å². The second-order valence-corrected chi connectivity index (χ2v) is 8.34. The molecule has 8 heteroatoms. The average molecular weight is 426 g/mol. The summed E-state index contributed by atoms with van der Waals surface area (Å²) in [6.07, 6.45) is -0.554. The van der Waals surface area contributed by atoms with Gasteiger partial charge in [0, 0.05) is 13.1 Å². The quantitative estimate of drug-likeness (QED) is 0.639. The maximum absolute atomic E-state index is 13.1. The maximum Gasteiger partial charge on any atom is 0.265 e. The zero-order valence-electron chi connectivity index (χ0n) is 16.7. The molecule has 1 fully saturated rings. The fourth-order valence-corrected chi connectivity index (χ4v) is 4.48. The second kappa shape index (κ2) is 8.12. The number of nitrogens with zero attached hydrogens (tertiary/aromatic N) is 3. The van der Waals surface area contributed by atoms with Crippen LogP contribution in [0, 0.1) is 6.92 Å². The van der Waals surface area contributed by atoms with Crippen molar-refractivity contribution in [2.45, 2.75) is 19.6 Å². The van der Waals surface area contributed by atoms with Crippen molar-refractivity contribution >= 4 is 22.9 Å². The van der Waals surface area contributed by atoms with Crippen LogP contribution in [-0.4, -0.2) is 54.7 Å². The normalized spacial score (nSPS) is 18.8. The number of morpholine rings is 1. The number of fused-ring (bicyclic) bond motifs is 1. The van der Waals surface area contributed by atoms with Gasteiger partial charge in [0.05, 0.1) is 36.9 Å². The van der Waals surface area contributed by atoms with E-state index in [0.29, 0.717) is 45.3 Å². The lowest BCUT2D eigenvalue weighted by Gasteiger charge is -2.38. The molecule has 30 heavy (non-hydrogen) atoms. The lowest BCUT2D eigenvalue weighted by Crippen LogP contribution is -2.52. The number of amides is 1. The van der Waals surface area contributed by atoms with Gasteiger partial charge in [-0.2, -0.15) is 0 Å². The van der Waals surface area contributed by atoms with Crippen molar-refractivity contribution in [1.29, 1.82) is 0 Å². The molecule has 5 rings (SSSR count). The van der Waals surface area contributed by atoms with E-state index in [1.54, 1.807) is 11.3 Å². The maximum atomic E-state index is 13.1. The molecule has 0 bridgehead atoms. The fraction of sp³-hybridized carbons (Fsp3) is 0.364. The Balaban J connectivity index is 1.40. The number of anilines is 1. The SMILES string of the molecule is Cc1oc(-c2cccs2)nc1CN1C[C@@H](C(=O)N2CCOCC2)Oc2ccccc21. The number of aromatic nitrogens is 1. The van der Waals surface area contributed by atoms with E-state index in [9.17, 15) is 4.79 Å². The number of aryl methyl sites for hydroxylation is 1. The highest BCUT2D eigenvalue weighted by Gasteiger charge is 2.34. The molecule has 7 nitrogen and oxygen atoms in total. The summed E-state index contributed by atoms with van der Waals surface area (Å²) in [5.41, 5.74) is 1.83. The number of oxazole rings is 1. The third-order valence-corrected chi connectivity index (χ3v) is 6.28. The number of benzene rings is 1. The van der Waals surface area contributed by atoms with Gasteiger partial charge < -0.3 is 23.7 Å². The number of hydrogen-bond donors (Lipinski definition) is 0. The van der Waals surface area contributed by atoms with Crippen LogP contribution in [0.1, 0.15) is 11.5 Å². The molecule has 1 atom stereocenters. The van der Waals surface area contributed by atoms with Crippen molar-refractivity contribution in [2.75, 3.05) is 37.7 Å². The van der Waals surface area contributed by atoms with Gasteiger partial charge in [0.2, 0.25) is 5.89 Å². The first-order valence-corrected chi connectivity index (χ1v) is 10.9. The minimum atomic E-state index is -0.554. The van der Waals surface area contributed by atoms with Crippen LogP contribution in [0.2, 0.25) is 0 Å². The average Bonchev–Trinajstić information content (AvgIpc) is 3.44. The zero-order chi connectivity index (χ0) is 20.5. The molecule has 3 aromatic rings. The summed E-state index contributed by atoms with van der Waals surface area (Å²) in [6, 6.07) is 11.8. The van der Waals surface area contributed by atoms with Gasteiger partial charge in [-0.1, -0.05) is 18.2 Å². The van der Waals surface area contributed by atoms with Crippen LogP contribution < -0.4 is 9.64 Å². The van der Waals surface area contributed by atoms with Crippen LogP contribution in [0.15, 0.2) is 46.2 Å². The Morgan fingerprint density at radius 2 is 2.03 bits per heavy atom. The first-order chi connectivity index (χ1) is 14.7. The summed E-state index contributed by atoms with van der Waals surface area (Å²) in [5.74, 6) is 2.15. The highest BCUT2D eigenvalue weighted by Crippen LogP contribution is 2.35. The predicted octanol–water partition coefficient (Wildman–Crippen LogP) is 3.34. The van der Waals surface area contributed by atoms with Gasteiger partial charge in [0.15, 0.2) is 6.10 Å². The molecule has 1 saturated heterocycles. The molecule has 2 aromatic heterocycles. The molecule has 0 radical (unpaired) electrons. The molecule has 156 valence electrons. The van der Waals surface area contributed by atoms with E-state index in [2.05, 4.69) is 4.90 Å². The van der Waals surface area contributed by atoms with Crippen molar-refractivity contribution in [3.63, 3.8) is 0 Å². The van der Waals surface area contributed by atoms with Crippen molar-refractivity contribution in [3.05, 3.63) is 53.2 Å². The van der Waals surface area contributed by atoms with Gasteiger partial charge in [-0.3, -0.25) is 4.79 Å². The van der Waals surface area contributed by atoms with Gasteiger partial charge >= 0.3 is 0 Å². The van der Waals surface area contributed by atoms with Gasteiger partial charge in [-0.25, -0.2) is 4.98 Å². The molecule has 1 amide bonds. The molecule has 0 saturated carbocycles. The fourth-order valence-electron chi connectivity index (χ4n) is 3.83. The summed E-state index contributed by atoms with van der Waals surface area (Å²) in [5, 5.41) is 2.01. The van der Waals surface area contributed by atoms with Gasteiger partial charge in [0.25, 0.3) is 5.91 Å². The molecule has 1 aromatic carbocycles. The molecule has 4 heterocycles. The molecule has 0 aliphatic carbocycles. The van der Waals surface area contributed by atoms with Gasteiger partial charge in [-0.15, -0.1) is 11.3 Å². The molecule has 0 spiro atoms. The van der Waals surface area contributed by atoms with Crippen LogP contribution in [-0.2, 0) is 16.1 Å². The number of ether oxygens (including phenoxy) is 2. The smallest absolute Gasteiger partial charge is 0.265 e. The Hall–Kier alpha value is -2.84. The number of thiophene rings is 1. The van der Waals surface area contributed by atoms with Gasteiger partial charge in [-0.05, 0) is 30.5 Å². The number of para-hydroxylation sites is 2. The highest BCUT2D eigenvalue weighted by molar-refractivity contribution is 7.13. The van der Waals surface area contributed by atoms with E-state index in [4.69, 9.17) is 18.9 Å². The first-order valence-electron chi connectivity index (χ1n) is 10.1. The number of carbonyl (C=O) groups is 1. The highest BCUT2D eigenvalue weighted by atomic mass is 32.1. The van der Waals surface area contributed by atoms with E-state index in [0.717, 1.165) is 27.8 Å². The largest absolute Gasteiger partial charge is 0.477 e. The molecular weight excluding hydrogens is 402 g/mol. The van der Waals surface area contributed by atoms with E-state index >= 15 is 0 Å². The summed E-state index contributed by atoms with van der Waals surface area (Å²) in [7, 11) is 0. The van der Waals surface area contributed by atoms with Crippen LogP contribution >= 0.6 is 11.3 Å². The molecule has 2 aliphatic heterocycles. The lowest BCUT2D eigenvalue weighted by molar-refractivity contribution is -0.142.